The van der Waals surface area contributed by atoms with E-state index in [0.717, 1.165) is 56.8 Å². The zero-order chi connectivity index (χ0) is 18.0. The van der Waals surface area contributed by atoms with Crippen LogP contribution in [0.1, 0.15) is 47.7 Å². The van der Waals surface area contributed by atoms with Crippen LogP contribution in [0.4, 0.5) is 0 Å². The second-order valence-electron chi connectivity index (χ2n) is 7.11. The van der Waals surface area contributed by atoms with Gasteiger partial charge in [0, 0.05) is 11.5 Å². The van der Waals surface area contributed by atoms with Crippen LogP contribution in [0.3, 0.4) is 0 Å². The number of nitrogens with zero attached hydrogens (tertiary/aromatic N) is 5. The smallest absolute Gasteiger partial charge is 0.148 e. The number of aromatic amines is 1. The summed E-state index contributed by atoms with van der Waals surface area (Å²) in [4.78, 5) is 12.9. The highest BCUT2D eigenvalue weighted by molar-refractivity contribution is 5.90. The van der Waals surface area contributed by atoms with E-state index in [2.05, 4.69) is 32.4 Å². The first-order valence-electron chi connectivity index (χ1n) is 8.89. The van der Waals surface area contributed by atoms with Gasteiger partial charge in [-0.25, -0.2) is 14.6 Å². The van der Waals surface area contributed by atoms with Crippen LogP contribution < -0.4 is 0 Å². The Bertz CT molecular complexity index is 1130. The Kier molecular flexibility index (Phi) is 3.10. The average Bonchev–Trinajstić information content (AvgIpc) is 3.15. The largest absolute Gasteiger partial charge is 0.361 e. The van der Waals surface area contributed by atoms with Crippen LogP contribution in [0, 0.1) is 27.7 Å². The molecule has 0 radical (unpaired) electrons. The second kappa shape index (κ2) is 5.27. The van der Waals surface area contributed by atoms with Crippen LogP contribution in [0.2, 0.25) is 0 Å². The van der Waals surface area contributed by atoms with Gasteiger partial charge in [0.05, 0.1) is 16.9 Å². The Morgan fingerprint density at radius 1 is 1.12 bits per heavy atom. The first kappa shape index (κ1) is 15.3. The number of aryl methyl sites for hydroxylation is 4. The molecule has 7 heteroatoms. The van der Waals surface area contributed by atoms with Crippen molar-refractivity contribution in [2.45, 2.75) is 46.5 Å². The normalized spacial score (nSPS) is 14.5. The van der Waals surface area contributed by atoms with E-state index >= 15 is 0 Å². The van der Waals surface area contributed by atoms with E-state index in [1.54, 1.807) is 0 Å². The molecule has 1 saturated carbocycles. The molecular weight excluding hydrogens is 328 g/mol. The summed E-state index contributed by atoms with van der Waals surface area (Å²) in [5.74, 6) is 4.01. The van der Waals surface area contributed by atoms with Gasteiger partial charge in [0.15, 0.2) is 0 Å². The molecule has 7 nitrogen and oxygen atoms in total. The first-order chi connectivity index (χ1) is 12.5. The van der Waals surface area contributed by atoms with Crippen LogP contribution in [-0.4, -0.2) is 29.9 Å². The van der Waals surface area contributed by atoms with Gasteiger partial charge in [0.2, 0.25) is 0 Å². The third kappa shape index (κ3) is 2.27. The molecule has 132 valence electrons. The number of fused-ring (bicyclic) bond motifs is 1. The molecule has 0 unspecified atom stereocenters. The molecular formula is C19H20N6O. The number of imidazole rings is 1. The predicted molar refractivity (Wildman–Crippen MR) is 97.4 cm³/mol. The molecule has 3 heterocycles. The van der Waals surface area contributed by atoms with Gasteiger partial charge in [-0.1, -0.05) is 5.16 Å². The van der Waals surface area contributed by atoms with Crippen molar-refractivity contribution < 1.29 is 4.52 Å². The van der Waals surface area contributed by atoms with Gasteiger partial charge in [-0.15, -0.1) is 0 Å². The fourth-order valence-corrected chi connectivity index (χ4v) is 3.62. The molecule has 1 fully saturated rings. The van der Waals surface area contributed by atoms with E-state index in [1.807, 2.05) is 32.4 Å². The fraction of sp³-hybridized carbons (Fsp3) is 0.368. The lowest BCUT2D eigenvalue weighted by Crippen LogP contribution is -2.01. The summed E-state index contributed by atoms with van der Waals surface area (Å²) in [5.41, 5.74) is 5.80. The highest BCUT2D eigenvalue weighted by Gasteiger charge is 2.28. The molecule has 0 amide bonds. The van der Waals surface area contributed by atoms with Crippen molar-refractivity contribution in [1.29, 1.82) is 0 Å². The van der Waals surface area contributed by atoms with E-state index in [1.165, 1.54) is 12.8 Å². The zero-order valence-corrected chi connectivity index (χ0v) is 15.3. The highest BCUT2D eigenvalue weighted by atomic mass is 16.5. The molecule has 0 saturated heterocycles. The molecule has 4 aromatic rings. The maximum atomic E-state index is 5.38. The number of H-pyrrole nitrogens is 1. The minimum atomic E-state index is 0.552. The molecule has 26 heavy (non-hydrogen) atoms. The van der Waals surface area contributed by atoms with Crippen molar-refractivity contribution in [2.24, 2.45) is 0 Å². The summed E-state index contributed by atoms with van der Waals surface area (Å²) in [7, 11) is 0. The van der Waals surface area contributed by atoms with Crippen molar-refractivity contribution in [3.63, 3.8) is 0 Å². The Morgan fingerprint density at radius 3 is 2.54 bits per heavy atom. The SMILES string of the molecule is Cc1nc(C)n(-c2cc(-c3c(C)noc3C)cc3[nH]c(C4CC4)nc23)n1. The Hall–Kier alpha value is -2.96. The van der Waals surface area contributed by atoms with Gasteiger partial charge in [0.1, 0.15) is 28.8 Å². The van der Waals surface area contributed by atoms with Crippen LogP contribution in [0.25, 0.3) is 27.8 Å². The average molecular weight is 348 g/mol. The Labute approximate surface area is 150 Å². The van der Waals surface area contributed by atoms with Gasteiger partial charge >= 0.3 is 0 Å². The maximum Gasteiger partial charge on any atom is 0.148 e. The summed E-state index contributed by atoms with van der Waals surface area (Å²) in [6.45, 7) is 7.76. The van der Waals surface area contributed by atoms with Gasteiger partial charge in [-0.3, -0.25) is 0 Å². The molecule has 5 rings (SSSR count). The molecule has 1 aromatic carbocycles. The minimum absolute atomic E-state index is 0.552. The fourth-order valence-electron chi connectivity index (χ4n) is 3.62. The number of nitrogens with one attached hydrogen (secondary N) is 1. The summed E-state index contributed by atoms with van der Waals surface area (Å²) in [6.07, 6.45) is 2.40. The van der Waals surface area contributed by atoms with E-state index in [9.17, 15) is 0 Å². The molecule has 3 aromatic heterocycles. The lowest BCUT2D eigenvalue weighted by molar-refractivity contribution is 0.393. The van der Waals surface area contributed by atoms with Gasteiger partial charge in [0.25, 0.3) is 0 Å². The van der Waals surface area contributed by atoms with E-state index in [0.29, 0.717) is 5.92 Å². The summed E-state index contributed by atoms with van der Waals surface area (Å²) < 4.78 is 7.25. The van der Waals surface area contributed by atoms with Crippen LogP contribution in [-0.2, 0) is 0 Å². The minimum Gasteiger partial charge on any atom is -0.361 e. The van der Waals surface area contributed by atoms with Crippen LogP contribution >= 0.6 is 0 Å². The lowest BCUT2D eigenvalue weighted by atomic mass is 10.0. The summed E-state index contributed by atoms with van der Waals surface area (Å²) >= 11 is 0. The van der Waals surface area contributed by atoms with Crippen molar-refractivity contribution in [2.75, 3.05) is 0 Å². The maximum absolute atomic E-state index is 5.38. The van der Waals surface area contributed by atoms with E-state index < -0.39 is 0 Å². The van der Waals surface area contributed by atoms with E-state index in [4.69, 9.17) is 9.51 Å². The third-order valence-electron chi connectivity index (χ3n) is 4.97. The first-order valence-corrected chi connectivity index (χ1v) is 8.89. The molecule has 1 aliphatic rings. The number of benzene rings is 1. The molecule has 0 spiro atoms. The standard InChI is InChI=1S/C19H20N6O/c1-9-17(10(2)26-24-9)14-7-15-18(22-19(21-15)13-5-6-13)16(8-14)25-12(4)20-11(3)23-25/h7-8,13H,5-6H2,1-4H3,(H,21,22). The number of hydrogen-bond acceptors (Lipinski definition) is 5. The van der Waals surface area contributed by atoms with Crippen molar-refractivity contribution in [1.82, 2.24) is 29.9 Å². The van der Waals surface area contributed by atoms with Gasteiger partial charge in [-0.2, -0.15) is 5.10 Å². The number of rotatable bonds is 3. The Morgan fingerprint density at radius 2 is 1.92 bits per heavy atom. The third-order valence-corrected chi connectivity index (χ3v) is 4.97. The topological polar surface area (TPSA) is 85.4 Å². The molecule has 1 N–H and O–H groups in total. The molecule has 0 atom stereocenters. The summed E-state index contributed by atoms with van der Waals surface area (Å²) in [6, 6.07) is 4.23. The zero-order valence-electron chi connectivity index (χ0n) is 15.3. The van der Waals surface area contributed by atoms with Gasteiger partial charge in [-0.05, 0) is 58.2 Å². The Balaban J connectivity index is 1.81. The second-order valence-corrected chi connectivity index (χ2v) is 7.11. The van der Waals surface area contributed by atoms with Crippen molar-refractivity contribution >= 4 is 11.0 Å². The quantitative estimate of drug-likeness (QED) is 0.607. The predicted octanol–water partition coefficient (Wildman–Crippen LogP) is 3.91. The number of aromatic nitrogens is 6. The van der Waals surface area contributed by atoms with Gasteiger partial charge < -0.3 is 9.51 Å². The van der Waals surface area contributed by atoms with Crippen LogP contribution in [0.15, 0.2) is 16.7 Å². The van der Waals surface area contributed by atoms with Crippen LogP contribution in [0.5, 0.6) is 0 Å². The molecule has 0 aliphatic heterocycles. The molecule has 1 aliphatic carbocycles. The monoisotopic (exact) mass is 348 g/mol. The highest BCUT2D eigenvalue weighted by Crippen LogP contribution is 2.40. The number of hydrogen-bond donors (Lipinski definition) is 1. The van der Waals surface area contributed by atoms with Crippen molar-refractivity contribution in [3.05, 3.63) is 41.1 Å². The summed E-state index contributed by atoms with van der Waals surface area (Å²) in [5, 5.41) is 8.68. The molecule has 0 bridgehead atoms. The lowest BCUT2D eigenvalue weighted by Gasteiger charge is -2.08. The van der Waals surface area contributed by atoms with E-state index in [-0.39, 0.29) is 0 Å². The van der Waals surface area contributed by atoms with Crippen molar-refractivity contribution in [3.8, 4) is 16.8 Å².